The fourth-order valence-electron chi connectivity index (χ4n) is 1.68. The molecule has 0 aliphatic carbocycles. The highest BCUT2D eigenvalue weighted by Crippen LogP contribution is 2.19. The summed E-state index contributed by atoms with van der Waals surface area (Å²) >= 11 is 0. The van der Waals surface area contributed by atoms with Gasteiger partial charge >= 0.3 is 0 Å². The lowest BCUT2D eigenvalue weighted by Gasteiger charge is -2.03. The molecule has 0 aliphatic rings. The summed E-state index contributed by atoms with van der Waals surface area (Å²) in [4.78, 5) is 0. The van der Waals surface area contributed by atoms with E-state index in [0.717, 1.165) is 5.56 Å². The van der Waals surface area contributed by atoms with Gasteiger partial charge in [-0.2, -0.15) is 0 Å². The van der Waals surface area contributed by atoms with Crippen molar-refractivity contribution in [1.82, 2.24) is 0 Å². The Morgan fingerprint density at radius 1 is 0.875 bits per heavy atom. The molecule has 0 unspecified atom stereocenters. The second kappa shape index (κ2) is 4.67. The van der Waals surface area contributed by atoms with Crippen LogP contribution in [-0.2, 0) is 6.42 Å². The normalized spacial score (nSPS) is 10.0. The first-order valence-electron chi connectivity index (χ1n) is 5.27. The predicted octanol–water partition coefficient (Wildman–Crippen LogP) is 3.97. The molecule has 0 saturated carbocycles. The van der Waals surface area contributed by atoms with Gasteiger partial charge in [0, 0.05) is 6.42 Å². The van der Waals surface area contributed by atoms with Crippen molar-refractivity contribution in [2.24, 2.45) is 0 Å². The molecule has 0 saturated heterocycles. The molecule has 16 heavy (non-hydrogen) atoms. The van der Waals surface area contributed by atoms with Crippen LogP contribution in [0.25, 0.3) is 11.1 Å². The number of hydrogen-bond acceptors (Lipinski definition) is 1. The van der Waals surface area contributed by atoms with Crippen LogP contribution in [0.2, 0.25) is 0 Å². The molecule has 1 N–H and O–H groups in total. The minimum absolute atomic E-state index is 0.201. The van der Waals surface area contributed by atoms with Gasteiger partial charge in [-0.05, 0) is 16.7 Å². The van der Waals surface area contributed by atoms with Crippen molar-refractivity contribution in [3.63, 3.8) is 0 Å². The molecule has 0 heterocycles. The number of allylic oxidation sites excluding steroid dienone is 1. The van der Waals surface area contributed by atoms with E-state index in [-0.39, 0.29) is 5.76 Å². The van der Waals surface area contributed by atoms with E-state index in [0.29, 0.717) is 6.42 Å². The first-order chi connectivity index (χ1) is 7.75. The van der Waals surface area contributed by atoms with Crippen LogP contribution in [0.1, 0.15) is 5.56 Å². The molecule has 0 aliphatic heterocycles. The smallest absolute Gasteiger partial charge is 0.0894 e. The summed E-state index contributed by atoms with van der Waals surface area (Å²) < 4.78 is 0. The summed E-state index contributed by atoms with van der Waals surface area (Å²) in [5.41, 5.74) is 3.47. The van der Waals surface area contributed by atoms with Gasteiger partial charge in [0.05, 0.1) is 5.76 Å². The number of aliphatic hydroxyl groups excluding tert-OH is 1. The van der Waals surface area contributed by atoms with Gasteiger partial charge < -0.3 is 5.11 Å². The summed E-state index contributed by atoms with van der Waals surface area (Å²) in [6.45, 7) is 3.49. The summed E-state index contributed by atoms with van der Waals surface area (Å²) in [6, 6.07) is 18.4. The standard InChI is InChI=1S/C15H14O/c1-12(16)11-13-7-9-15(10-8-13)14-5-3-2-4-6-14/h2-10,16H,1,11H2. The Kier molecular flexibility index (Phi) is 3.06. The molecule has 0 amide bonds. The lowest BCUT2D eigenvalue weighted by Crippen LogP contribution is -1.87. The van der Waals surface area contributed by atoms with E-state index in [1.807, 2.05) is 30.3 Å². The third-order valence-electron chi connectivity index (χ3n) is 2.47. The topological polar surface area (TPSA) is 20.2 Å². The Hall–Kier alpha value is -2.02. The van der Waals surface area contributed by atoms with E-state index in [9.17, 15) is 0 Å². The molecule has 2 rings (SSSR count). The number of aliphatic hydroxyl groups is 1. The predicted molar refractivity (Wildman–Crippen MR) is 67.4 cm³/mol. The maximum absolute atomic E-state index is 9.10. The fourth-order valence-corrected chi connectivity index (χ4v) is 1.68. The molecular weight excluding hydrogens is 196 g/mol. The first-order valence-corrected chi connectivity index (χ1v) is 5.27. The average Bonchev–Trinajstić information content (AvgIpc) is 2.30. The molecule has 80 valence electrons. The molecule has 0 aromatic heterocycles. The average molecular weight is 210 g/mol. The molecule has 0 bridgehead atoms. The van der Waals surface area contributed by atoms with Crippen LogP contribution in [-0.4, -0.2) is 5.11 Å². The van der Waals surface area contributed by atoms with Gasteiger partial charge in [-0.15, -0.1) is 0 Å². The minimum atomic E-state index is 0.201. The van der Waals surface area contributed by atoms with Gasteiger partial charge in [0.1, 0.15) is 0 Å². The van der Waals surface area contributed by atoms with Crippen molar-refractivity contribution in [2.75, 3.05) is 0 Å². The molecule has 1 heteroatoms. The van der Waals surface area contributed by atoms with Gasteiger partial charge in [-0.1, -0.05) is 61.2 Å². The lowest BCUT2D eigenvalue weighted by atomic mass is 10.0. The molecule has 0 radical (unpaired) electrons. The largest absolute Gasteiger partial charge is 0.513 e. The van der Waals surface area contributed by atoms with Crippen LogP contribution >= 0.6 is 0 Å². The summed E-state index contributed by atoms with van der Waals surface area (Å²) in [5.74, 6) is 0.201. The van der Waals surface area contributed by atoms with Gasteiger partial charge in [0.2, 0.25) is 0 Å². The van der Waals surface area contributed by atoms with Crippen LogP contribution in [0.4, 0.5) is 0 Å². The van der Waals surface area contributed by atoms with E-state index in [1.165, 1.54) is 11.1 Å². The zero-order valence-electron chi connectivity index (χ0n) is 9.06. The number of benzene rings is 2. The Labute approximate surface area is 95.7 Å². The highest BCUT2D eigenvalue weighted by atomic mass is 16.3. The summed E-state index contributed by atoms with van der Waals surface area (Å²) in [6.07, 6.45) is 0.523. The first kappa shape index (κ1) is 10.5. The van der Waals surface area contributed by atoms with E-state index < -0.39 is 0 Å². The lowest BCUT2D eigenvalue weighted by molar-refractivity contribution is 0.401. The van der Waals surface area contributed by atoms with E-state index in [1.54, 1.807) is 0 Å². The van der Waals surface area contributed by atoms with Crippen molar-refractivity contribution in [2.45, 2.75) is 6.42 Å². The van der Waals surface area contributed by atoms with Gasteiger partial charge in [0.25, 0.3) is 0 Å². The maximum atomic E-state index is 9.10. The van der Waals surface area contributed by atoms with Crippen molar-refractivity contribution in [1.29, 1.82) is 0 Å². The Bertz CT molecular complexity index is 469. The monoisotopic (exact) mass is 210 g/mol. The molecule has 2 aromatic rings. The van der Waals surface area contributed by atoms with Crippen molar-refractivity contribution in [3.05, 3.63) is 72.5 Å². The molecular formula is C15H14O. The van der Waals surface area contributed by atoms with Crippen LogP contribution in [0, 0.1) is 0 Å². The SMILES string of the molecule is C=C(O)Cc1ccc(-c2ccccc2)cc1. The van der Waals surface area contributed by atoms with Crippen LogP contribution in [0.5, 0.6) is 0 Å². The van der Waals surface area contributed by atoms with Crippen LogP contribution in [0.3, 0.4) is 0 Å². The summed E-state index contributed by atoms with van der Waals surface area (Å²) in [5, 5.41) is 9.10. The molecule has 0 spiro atoms. The third-order valence-corrected chi connectivity index (χ3v) is 2.47. The van der Waals surface area contributed by atoms with E-state index in [4.69, 9.17) is 5.11 Å². The maximum Gasteiger partial charge on any atom is 0.0894 e. The highest BCUT2D eigenvalue weighted by molar-refractivity contribution is 5.63. The van der Waals surface area contributed by atoms with Gasteiger partial charge in [-0.3, -0.25) is 0 Å². The number of hydrogen-bond donors (Lipinski definition) is 1. The molecule has 0 atom stereocenters. The highest BCUT2D eigenvalue weighted by Gasteiger charge is 1.98. The fraction of sp³-hybridized carbons (Fsp3) is 0.0667. The Balaban J connectivity index is 2.23. The van der Waals surface area contributed by atoms with Crippen LogP contribution < -0.4 is 0 Å². The van der Waals surface area contributed by atoms with Crippen LogP contribution in [0.15, 0.2) is 66.9 Å². The summed E-state index contributed by atoms with van der Waals surface area (Å²) in [7, 11) is 0. The second-order valence-corrected chi connectivity index (χ2v) is 3.81. The van der Waals surface area contributed by atoms with Crippen molar-refractivity contribution < 1.29 is 5.11 Å². The zero-order chi connectivity index (χ0) is 11.4. The van der Waals surface area contributed by atoms with E-state index >= 15 is 0 Å². The Morgan fingerprint density at radius 3 is 2.00 bits per heavy atom. The quantitative estimate of drug-likeness (QED) is 0.760. The van der Waals surface area contributed by atoms with Gasteiger partial charge in [-0.25, -0.2) is 0 Å². The van der Waals surface area contributed by atoms with Crippen molar-refractivity contribution >= 4 is 0 Å². The van der Waals surface area contributed by atoms with Crippen molar-refractivity contribution in [3.8, 4) is 11.1 Å². The van der Waals surface area contributed by atoms with Gasteiger partial charge in [0.15, 0.2) is 0 Å². The molecule has 1 nitrogen and oxygen atoms in total. The molecule has 2 aromatic carbocycles. The van der Waals surface area contributed by atoms with E-state index in [2.05, 4.69) is 30.8 Å². The zero-order valence-corrected chi connectivity index (χ0v) is 9.06. The molecule has 0 fully saturated rings. The second-order valence-electron chi connectivity index (χ2n) is 3.81. The minimum Gasteiger partial charge on any atom is -0.513 e. The number of rotatable bonds is 3. The Morgan fingerprint density at radius 2 is 1.44 bits per heavy atom. The third kappa shape index (κ3) is 2.51.